The molecule has 1 fully saturated rings. The zero-order valence-corrected chi connectivity index (χ0v) is 12.8. The number of hydrogen-bond donors (Lipinski definition) is 2. The first-order chi connectivity index (χ1) is 11.0. The number of primary amides is 1. The van der Waals surface area contributed by atoms with Gasteiger partial charge in [-0.3, -0.25) is 14.6 Å². The van der Waals surface area contributed by atoms with E-state index < -0.39 is 24.0 Å². The van der Waals surface area contributed by atoms with Gasteiger partial charge in [0.15, 0.2) is 0 Å². The van der Waals surface area contributed by atoms with Crippen LogP contribution >= 0.6 is 0 Å². The van der Waals surface area contributed by atoms with Crippen molar-refractivity contribution < 1.29 is 14.7 Å². The van der Waals surface area contributed by atoms with E-state index in [4.69, 9.17) is 5.73 Å². The van der Waals surface area contributed by atoms with Gasteiger partial charge in [0, 0.05) is 24.2 Å². The molecule has 1 aliphatic carbocycles. The summed E-state index contributed by atoms with van der Waals surface area (Å²) in [4.78, 5) is 29.7. The number of hydrogen-bond acceptors (Lipinski definition) is 4. The van der Waals surface area contributed by atoms with Crippen LogP contribution in [0.3, 0.4) is 0 Å². The van der Waals surface area contributed by atoms with E-state index in [9.17, 15) is 14.7 Å². The summed E-state index contributed by atoms with van der Waals surface area (Å²) in [5.74, 6) is -1.29. The molecule has 0 unspecified atom stereocenters. The van der Waals surface area contributed by atoms with Crippen LogP contribution in [0.25, 0.3) is 10.9 Å². The number of amides is 2. The Hall–Kier alpha value is -2.47. The fourth-order valence-corrected chi connectivity index (χ4v) is 3.26. The van der Waals surface area contributed by atoms with E-state index in [1.165, 1.54) is 4.90 Å². The van der Waals surface area contributed by atoms with Gasteiger partial charge in [0.25, 0.3) is 5.91 Å². The molecule has 0 bridgehead atoms. The van der Waals surface area contributed by atoms with Crippen molar-refractivity contribution in [3.8, 4) is 0 Å². The van der Waals surface area contributed by atoms with Gasteiger partial charge < -0.3 is 15.7 Å². The zero-order chi connectivity index (χ0) is 16.6. The molecule has 1 aliphatic rings. The Kier molecular flexibility index (Phi) is 4.00. The second-order valence-electron chi connectivity index (χ2n) is 5.97. The van der Waals surface area contributed by atoms with Crippen molar-refractivity contribution in [3.05, 3.63) is 42.1 Å². The third kappa shape index (κ3) is 2.77. The van der Waals surface area contributed by atoms with Gasteiger partial charge >= 0.3 is 0 Å². The normalized spacial score (nSPS) is 23.8. The summed E-state index contributed by atoms with van der Waals surface area (Å²) >= 11 is 0. The molecule has 23 heavy (non-hydrogen) atoms. The lowest BCUT2D eigenvalue weighted by atomic mass is 10.0. The summed E-state index contributed by atoms with van der Waals surface area (Å²) in [6, 6.07) is 8.62. The summed E-state index contributed by atoms with van der Waals surface area (Å²) in [6.07, 6.45) is 1.85. The van der Waals surface area contributed by atoms with Crippen LogP contribution in [0.15, 0.2) is 36.5 Å². The molecule has 1 heterocycles. The molecule has 6 nitrogen and oxygen atoms in total. The van der Waals surface area contributed by atoms with Crippen molar-refractivity contribution in [2.45, 2.75) is 25.0 Å². The van der Waals surface area contributed by atoms with Gasteiger partial charge in [-0.25, -0.2) is 0 Å². The maximum atomic E-state index is 12.7. The summed E-state index contributed by atoms with van der Waals surface area (Å²) in [5, 5.41) is 11.1. The van der Waals surface area contributed by atoms with E-state index in [1.807, 2.05) is 12.1 Å². The van der Waals surface area contributed by atoms with Gasteiger partial charge in [-0.1, -0.05) is 6.07 Å². The summed E-state index contributed by atoms with van der Waals surface area (Å²) in [5.41, 5.74) is 6.64. The van der Waals surface area contributed by atoms with Crippen LogP contribution in [0, 0.1) is 5.92 Å². The molecular formula is C17H19N3O3. The number of aromatic nitrogens is 1. The molecule has 0 saturated heterocycles. The molecule has 120 valence electrons. The van der Waals surface area contributed by atoms with Gasteiger partial charge in [0.1, 0.15) is 0 Å². The summed E-state index contributed by atoms with van der Waals surface area (Å²) < 4.78 is 0. The lowest BCUT2D eigenvalue weighted by molar-refractivity contribution is -0.124. The lowest BCUT2D eigenvalue weighted by Gasteiger charge is -2.28. The molecule has 1 aromatic heterocycles. The SMILES string of the molecule is CN(C(=O)c1ccc2ncccc2c1)[C@@H]1CC[C@@H](C(N)=O)[C@@H]1O. The number of likely N-dealkylation sites (N-methyl/N-ethyl adjacent to an activating group) is 1. The maximum Gasteiger partial charge on any atom is 0.253 e. The minimum absolute atomic E-state index is 0.190. The monoisotopic (exact) mass is 313 g/mol. The van der Waals surface area contributed by atoms with Crippen LogP contribution in [0.5, 0.6) is 0 Å². The number of carbonyl (C=O) groups is 2. The number of rotatable bonds is 3. The van der Waals surface area contributed by atoms with Crippen molar-refractivity contribution in [1.82, 2.24) is 9.88 Å². The van der Waals surface area contributed by atoms with E-state index in [0.29, 0.717) is 18.4 Å². The number of benzene rings is 1. The number of nitrogens with two attached hydrogens (primary N) is 1. The Morgan fingerprint density at radius 3 is 2.78 bits per heavy atom. The number of nitrogens with zero attached hydrogens (tertiary/aromatic N) is 2. The average molecular weight is 313 g/mol. The lowest BCUT2D eigenvalue weighted by Crippen LogP contribution is -2.45. The molecule has 2 aromatic rings. The molecular weight excluding hydrogens is 294 g/mol. The fraction of sp³-hybridized carbons (Fsp3) is 0.353. The van der Waals surface area contributed by atoms with Gasteiger partial charge in [-0.2, -0.15) is 0 Å². The van der Waals surface area contributed by atoms with Gasteiger partial charge in [0.05, 0.1) is 23.6 Å². The van der Waals surface area contributed by atoms with Gasteiger partial charge in [0.2, 0.25) is 5.91 Å². The molecule has 3 atom stereocenters. The second kappa shape index (κ2) is 5.96. The van der Waals surface area contributed by atoms with Crippen LogP contribution in [-0.4, -0.2) is 46.0 Å². The van der Waals surface area contributed by atoms with Crippen LogP contribution in [-0.2, 0) is 4.79 Å². The first-order valence-electron chi connectivity index (χ1n) is 7.58. The van der Waals surface area contributed by atoms with E-state index in [1.54, 1.807) is 31.4 Å². The maximum absolute atomic E-state index is 12.7. The number of fused-ring (bicyclic) bond motifs is 1. The molecule has 0 spiro atoms. The molecule has 3 rings (SSSR count). The first kappa shape index (κ1) is 15.4. The third-order valence-electron chi connectivity index (χ3n) is 4.61. The highest BCUT2D eigenvalue weighted by atomic mass is 16.3. The molecule has 1 aromatic carbocycles. The molecule has 2 amide bonds. The largest absolute Gasteiger partial charge is 0.390 e. The Bertz CT molecular complexity index is 762. The third-order valence-corrected chi connectivity index (χ3v) is 4.61. The van der Waals surface area contributed by atoms with E-state index in [-0.39, 0.29) is 5.91 Å². The smallest absolute Gasteiger partial charge is 0.253 e. The Balaban J connectivity index is 1.82. The zero-order valence-electron chi connectivity index (χ0n) is 12.8. The van der Waals surface area contributed by atoms with Crippen molar-refractivity contribution >= 4 is 22.7 Å². The minimum atomic E-state index is -0.913. The Morgan fingerprint density at radius 1 is 1.30 bits per heavy atom. The molecule has 0 aliphatic heterocycles. The highest BCUT2D eigenvalue weighted by molar-refractivity contribution is 5.98. The molecule has 1 saturated carbocycles. The van der Waals surface area contributed by atoms with Crippen molar-refractivity contribution in [3.63, 3.8) is 0 Å². The topological polar surface area (TPSA) is 96.5 Å². The Labute approximate surface area is 133 Å². The number of aliphatic hydroxyl groups excluding tert-OH is 1. The van der Waals surface area contributed by atoms with Gasteiger partial charge in [-0.15, -0.1) is 0 Å². The van der Waals surface area contributed by atoms with Gasteiger partial charge in [-0.05, 0) is 37.1 Å². The predicted molar refractivity (Wildman–Crippen MR) is 85.5 cm³/mol. The highest BCUT2D eigenvalue weighted by Crippen LogP contribution is 2.30. The second-order valence-corrected chi connectivity index (χ2v) is 5.97. The molecule has 0 radical (unpaired) electrons. The number of carbonyl (C=O) groups excluding carboxylic acids is 2. The van der Waals surface area contributed by atoms with Crippen LogP contribution in [0.1, 0.15) is 23.2 Å². The number of aliphatic hydroxyl groups is 1. The number of pyridine rings is 1. The van der Waals surface area contributed by atoms with Crippen molar-refractivity contribution in [1.29, 1.82) is 0 Å². The first-order valence-corrected chi connectivity index (χ1v) is 7.58. The average Bonchev–Trinajstić information content (AvgIpc) is 2.94. The quantitative estimate of drug-likeness (QED) is 0.881. The molecule has 3 N–H and O–H groups in total. The van der Waals surface area contributed by atoms with Crippen LogP contribution in [0.2, 0.25) is 0 Å². The highest BCUT2D eigenvalue weighted by Gasteiger charge is 2.41. The van der Waals surface area contributed by atoms with Crippen LogP contribution in [0.4, 0.5) is 0 Å². The van der Waals surface area contributed by atoms with Crippen molar-refractivity contribution in [2.75, 3.05) is 7.05 Å². The fourth-order valence-electron chi connectivity index (χ4n) is 3.26. The van der Waals surface area contributed by atoms with Crippen LogP contribution < -0.4 is 5.73 Å². The molecule has 6 heteroatoms. The Morgan fingerprint density at radius 2 is 2.09 bits per heavy atom. The van der Waals surface area contributed by atoms with E-state index in [0.717, 1.165) is 10.9 Å². The van der Waals surface area contributed by atoms with E-state index >= 15 is 0 Å². The summed E-state index contributed by atoms with van der Waals surface area (Å²) in [7, 11) is 1.65. The summed E-state index contributed by atoms with van der Waals surface area (Å²) in [6.45, 7) is 0. The minimum Gasteiger partial charge on any atom is -0.390 e. The predicted octanol–water partition coefficient (Wildman–Crippen LogP) is 0.932. The standard InChI is InChI=1S/C17H19N3O3/c1-20(14-7-5-12(15(14)21)16(18)22)17(23)11-4-6-13-10(9-11)3-2-8-19-13/h2-4,6,8-9,12,14-15,21H,5,7H2,1H3,(H2,18,22)/t12-,14-,15+/m1/s1. The van der Waals surface area contributed by atoms with Crippen molar-refractivity contribution in [2.24, 2.45) is 11.7 Å². The van der Waals surface area contributed by atoms with E-state index in [2.05, 4.69) is 4.98 Å².